The van der Waals surface area contributed by atoms with Gasteiger partial charge in [0.25, 0.3) is 0 Å². The lowest BCUT2D eigenvalue weighted by Crippen LogP contribution is -2.53. The van der Waals surface area contributed by atoms with Gasteiger partial charge in [-0.3, -0.25) is 0 Å². The summed E-state index contributed by atoms with van der Waals surface area (Å²) in [5, 5.41) is 12.0. The molecule has 1 aliphatic rings. The molecule has 6 heteroatoms. The summed E-state index contributed by atoms with van der Waals surface area (Å²) in [5.41, 5.74) is 0. The zero-order valence-electron chi connectivity index (χ0n) is 11.7. The Morgan fingerprint density at radius 1 is 1.47 bits per heavy atom. The highest BCUT2D eigenvalue weighted by Gasteiger charge is 2.32. The molecule has 0 spiro atoms. The minimum atomic E-state index is -0.899. The number of nitrogens with zero attached hydrogens (tertiary/aromatic N) is 1. The summed E-state index contributed by atoms with van der Waals surface area (Å²) in [6.07, 6.45) is 3.24. The molecule has 2 N–H and O–H groups in total. The zero-order valence-corrected chi connectivity index (χ0v) is 12.5. The number of amides is 2. The second kappa shape index (κ2) is 8.30. The van der Waals surface area contributed by atoms with Crippen LogP contribution in [-0.2, 0) is 4.79 Å². The zero-order chi connectivity index (χ0) is 14.3. The number of carbonyl (C=O) groups excluding carboxylic acids is 1. The highest BCUT2D eigenvalue weighted by Crippen LogP contribution is 2.17. The maximum Gasteiger partial charge on any atom is 0.326 e. The van der Waals surface area contributed by atoms with E-state index in [0.29, 0.717) is 13.0 Å². The first-order valence-corrected chi connectivity index (χ1v) is 8.09. The summed E-state index contributed by atoms with van der Waals surface area (Å²) in [5.74, 6) is 1.19. The number of carboxylic acids is 1. The van der Waals surface area contributed by atoms with Crippen molar-refractivity contribution in [3.8, 4) is 0 Å². The third-order valence-corrected chi connectivity index (χ3v) is 4.25. The summed E-state index contributed by atoms with van der Waals surface area (Å²) in [4.78, 5) is 24.7. The van der Waals surface area contributed by atoms with Crippen LogP contribution in [0.25, 0.3) is 0 Å². The topological polar surface area (TPSA) is 69.6 Å². The molecule has 0 aromatic rings. The van der Waals surface area contributed by atoms with Crippen molar-refractivity contribution < 1.29 is 14.7 Å². The van der Waals surface area contributed by atoms with Gasteiger partial charge < -0.3 is 15.3 Å². The largest absolute Gasteiger partial charge is 0.480 e. The molecule has 2 amide bonds. The standard InChI is InChI=1S/C13H24N2O3S/c1-3-19-9-7-10(2)14-13(18)15-8-5-4-6-11(15)12(16)17/h10-11H,3-9H2,1-2H3,(H,14,18)(H,16,17). The molecule has 0 radical (unpaired) electrons. The molecular weight excluding hydrogens is 264 g/mol. The van der Waals surface area contributed by atoms with Gasteiger partial charge in [-0.1, -0.05) is 6.92 Å². The van der Waals surface area contributed by atoms with Crippen LogP contribution in [0, 0.1) is 0 Å². The molecule has 1 rings (SSSR count). The number of rotatable bonds is 6. The Balaban J connectivity index is 2.43. The van der Waals surface area contributed by atoms with Crippen LogP contribution < -0.4 is 5.32 Å². The maximum atomic E-state index is 12.1. The lowest BCUT2D eigenvalue weighted by Gasteiger charge is -2.33. The number of hydrogen-bond donors (Lipinski definition) is 2. The van der Waals surface area contributed by atoms with Gasteiger partial charge in [0.05, 0.1) is 0 Å². The summed E-state index contributed by atoms with van der Waals surface area (Å²) in [6.45, 7) is 4.62. The van der Waals surface area contributed by atoms with Crippen LogP contribution in [-0.4, -0.2) is 52.1 Å². The second-order valence-corrected chi connectivity index (χ2v) is 6.27. The van der Waals surface area contributed by atoms with E-state index in [1.165, 1.54) is 4.90 Å². The molecule has 0 saturated carbocycles. The first kappa shape index (κ1) is 16.1. The van der Waals surface area contributed by atoms with Gasteiger partial charge in [0.2, 0.25) is 0 Å². The number of nitrogens with one attached hydrogen (secondary N) is 1. The Kier molecular flexibility index (Phi) is 7.05. The Bertz CT molecular complexity index is 312. The van der Waals surface area contributed by atoms with Gasteiger partial charge in [0.15, 0.2) is 0 Å². The van der Waals surface area contributed by atoms with Gasteiger partial charge in [0, 0.05) is 12.6 Å². The third-order valence-electron chi connectivity index (χ3n) is 3.32. The van der Waals surface area contributed by atoms with E-state index in [2.05, 4.69) is 12.2 Å². The lowest BCUT2D eigenvalue weighted by atomic mass is 10.0. The van der Waals surface area contributed by atoms with Gasteiger partial charge in [-0.15, -0.1) is 0 Å². The van der Waals surface area contributed by atoms with Crippen LogP contribution in [0.2, 0.25) is 0 Å². The molecule has 0 aromatic carbocycles. The van der Waals surface area contributed by atoms with Crippen LogP contribution >= 0.6 is 11.8 Å². The Morgan fingerprint density at radius 3 is 2.84 bits per heavy atom. The minimum absolute atomic E-state index is 0.0860. The van der Waals surface area contributed by atoms with Crippen LogP contribution in [0.4, 0.5) is 4.79 Å². The molecule has 19 heavy (non-hydrogen) atoms. The first-order chi connectivity index (χ1) is 9.06. The fourth-order valence-electron chi connectivity index (χ4n) is 2.20. The molecule has 2 unspecified atom stereocenters. The molecule has 0 aliphatic carbocycles. The van der Waals surface area contributed by atoms with Crippen molar-refractivity contribution in [3.63, 3.8) is 0 Å². The van der Waals surface area contributed by atoms with Crippen molar-refractivity contribution in [1.82, 2.24) is 10.2 Å². The summed E-state index contributed by atoms with van der Waals surface area (Å²) in [7, 11) is 0. The summed E-state index contributed by atoms with van der Waals surface area (Å²) in [6, 6.07) is -0.810. The van der Waals surface area contributed by atoms with E-state index in [9.17, 15) is 9.59 Å². The average Bonchev–Trinajstić information content (AvgIpc) is 2.39. The number of carboxylic acid groups (broad SMARTS) is 1. The van der Waals surface area contributed by atoms with Crippen molar-refractivity contribution in [2.24, 2.45) is 0 Å². The SMILES string of the molecule is CCSCCC(C)NC(=O)N1CCCCC1C(=O)O. The van der Waals surface area contributed by atoms with Gasteiger partial charge in [-0.2, -0.15) is 11.8 Å². The number of piperidine rings is 1. The number of aliphatic carboxylic acids is 1. The van der Waals surface area contributed by atoms with Crippen molar-refractivity contribution >= 4 is 23.8 Å². The molecular formula is C13H24N2O3S. The van der Waals surface area contributed by atoms with Crippen molar-refractivity contribution in [1.29, 1.82) is 0 Å². The van der Waals surface area contributed by atoms with E-state index in [-0.39, 0.29) is 12.1 Å². The predicted octanol–water partition coefficient (Wildman–Crippen LogP) is 2.17. The van der Waals surface area contributed by atoms with Gasteiger partial charge in [0.1, 0.15) is 6.04 Å². The highest BCUT2D eigenvalue weighted by molar-refractivity contribution is 7.99. The highest BCUT2D eigenvalue weighted by atomic mass is 32.2. The number of likely N-dealkylation sites (tertiary alicyclic amines) is 1. The summed E-state index contributed by atoms with van der Waals surface area (Å²) < 4.78 is 0. The van der Waals surface area contributed by atoms with Crippen LogP contribution in [0.5, 0.6) is 0 Å². The van der Waals surface area contributed by atoms with Crippen LogP contribution in [0.3, 0.4) is 0 Å². The normalized spacial score (nSPS) is 20.9. The maximum absolute atomic E-state index is 12.1. The molecule has 1 aliphatic heterocycles. The fourth-order valence-corrected chi connectivity index (χ4v) is 3.01. The predicted molar refractivity (Wildman–Crippen MR) is 77.6 cm³/mol. The molecule has 0 bridgehead atoms. The molecule has 110 valence electrons. The molecule has 1 fully saturated rings. The molecule has 1 saturated heterocycles. The quantitative estimate of drug-likeness (QED) is 0.735. The van der Waals surface area contributed by atoms with Crippen molar-refractivity contribution in [2.75, 3.05) is 18.1 Å². The van der Waals surface area contributed by atoms with Gasteiger partial charge >= 0.3 is 12.0 Å². The van der Waals surface area contributed by atoms with Gasteiger partial charge in [-0.05, 0) is 44.1 Å². The molecule has 1 heterocycles. The van der Waals surface area contributed by atoms with E-state index in [1.807, 2.05) is 18.7 Å². The number of urea groups is 1. The Morgan fingerprint density at radius 2 is 2.21 bits per heavy atom. The Hall–Kier alpha value is -0.910. The molecule has 0 aromatic heterocycles. The van der Waals surface area contributed by atoms with E-state index in [0.717, 1.165) is 30.8 Å². The number of hydrogen-bond acceptors (Lipinski definition) is 3. The van der Waals surface area contributed by atoms with E-state index in [1.54, 1.807) is 0 Å². The lowest BCUT2D eigenvalue weighted by molar-refractivity contribution is -0.143. The molecule has 5 nitrogen and oxygen atoms in total. The second-order valence-electron chi connectivity index (χ2n) is 4.88. The van der Waals surface area contributed by atoms with E-state index >= 15 is 0 Å². The average molecular weight is 288 g/mol. The van der Waals surface area contributed by atoms with Crippen LogP contribution in [0.1, 0.15) is 39.5 Å². The first-order valence-electron chi connectivity index (χ1n) is 6.94. The summed E-state index contributed by atoms with van der Waals surface area (Å²) >= 11 is 1.85. The Labute approximate surface area is 119 Å². The van der Waals surface area contributed by atoms with Crippen molar-refractivity contribution in [2.45, 2.75) is 51.6 Å². The fraction of sp³-hybridized carbons (Fsp3) is 0.846. The number of thioether (sulfide) groups is 1. The third kappa shape index (κ3) is 5.30. The van der Waals surface area contributed by atoms with E-state index < -0.39 is 12.0 Å². The smallest absolute Gasteiger partial charge is 0.326 e. The minimum Gasteiger partial charge on any atom is -0.480 e. The number of carbonyl (C=O) groups is 2. The van der Waals surface area contributed by atoms with Gasteiger partial charge in [-0.25, -0.2) is 9.59 Å². The van der Waals surface area contributed by atoms with Crippen molar-refractivity contribution in [3.05, 3.63) is 0 Å². The molecule has 2 atom stereocenters. The monoisotopic (exact) mass is 288 g/mol. The van der Waals surface area contributed by atoms with E-state index in [4.69, 9.17) is 5.11 Å². The van der Waals surface area contributed by atoms with Crippen LogP contribution in [0.15, 0.2) is 0 Å².